The van der Waals surface area contributed by atoms with Crippen molar-refractivity contribution in [2.24, 2.45) is 0 Å². The number of carbonyl (C=O) groups is 2. The average molecular weight is 610 g/mol. The van der Waals surface area contributed by atoms with E-state index in [0.29, 0.717) is 17.9 Å². The zero-order chi connectivity index (χ0) is 31.9. The monoisotopic (exact) mass is 609 g/mol. The summed E-state index contributed by atoms with van der Waals surface area (Å²) in [5, 5.41) is 2.91. The molecular weight excluding hydrogens is 566 g/mol. The lowest BCUT2D eigenvalue weighted by molar-refractivity contribution is -0.140. The first kappa shape index (κ1) is 33.5. The van der Waals surface area contributed by atoms with E-state index in [1.807, 2.05) is 71.9 Å². The van der Waals surface area contributed by atoms with E-state index in [4.69, 9.17) is 9.47 Å². The van der Waals surface area contributed by atoms with Crippen molar-refractivity contribution in [3.05, 3.63) is 82.9 Å². The zero-order valence-corrected chi connectivity index (χ0v) is 27.1. The Kier molecular flexibility index (Phi) is 11.2. The number of hydrogen-bond donors (Lipinski definition) is 1. The summed E-state index contributed by atoms with van der Waals surface area (Å²) < 4.78 is 40.3. The first-order valence-corrected chi connectivity index (χ1v) is 15.7. The molecule has 0 aromatic heterocycles. The van der Waals surface area contributed by atoms with Crippen LogP contribution in [0.1, 0.15) is 49.4 Å². The second-order valence-corrected chi connectivity index (χ2v) is 12.8. The lowest BCUT2D eigenvalue weighted by Gasteiger charge is -2.33. The van der Waals surface area contributed by atoms with E-state index in [9.17, 15) is 18.0 Å². The van der Waals surface area contributed by atoms with E-state index in [2.05, 4.69) is 5.32 Å². The molecule has 0 aliphatic heterocycles. The number of ether oxygens (including phenoxy) is 2. The van der Waals surface area contributed by atoms with Crippen molar-refractivity contribution < 1.29 is 27.5 Å². The predicted molar refractivity (Wildman–Crippen MR) is 169 cm³/mol. The van der Waals surface area contributed by atoms with Crippen molar-refractivity contribution in [2.75, 3.05) is 25.1 Å². The lowest BCUT2D eigenvalue weighted by atomic mass is 10.1. The molecule has 10 heteroatoms. The molecule has 3 aromatic carbocycles. The van der Waals surface area contributed by atoms with Crippen molar-refractivity contribution in [3.63, 3.8) is 0 Å². The molecule has 0 saturated carbocycles. The van der Waals surface area contributed by atoms with Crippen LogP contribution < -0.4 is 19.1 Å². The fourth-order valence-electron chi connectivity index (χ4n) is 4.92. The Morgan fingerprint density at radius 1 is 0.837 bits per heavy atom. The number of aryl methyl sites for hydroxylation is 3. The molecule has 1 N–H and O–H groups in total. The van der Waals surface area contributed by atoms with E-state index < -0.39 is 28.5 Å². The van der Waals surface area contributed by atoms with E-state index in [1.165, 1.54) is 37.3 Å². The summed E-state index contributed by atoms with van der Waals surface area (Å²) in [4.78, 5) is 29.0. The lowest BCUT2D eigenvalue weighted by Crippen LogP contribution is -2.53. The molecule has 9 nitrogen and oxygen atoms in total. The van der Waals surface area contributed by atoms with E-state index in [0.717, 1.165) is 26.6 Å². The molecule has 0 aliphatic rings. The van der Waals surface area contributed by atoms with Crippen molar-refractivity contribution in [2.45, 2.75) is 71.5 Å². The smallest absolute Gasteiger partial charge is 0.264 e. The Morgan fingerprint density at radius 3 is 1.98 bits per heavy atom. The Bertz CT molecular complexity index is 1520. The first-order valence-electron chi connectivity index (χ1n) is 14.3. The summed E-state index contributed by atoms with van der Waals surface area (Å²) in [6.45, 7) is 10.9. The Balaban J connectivity index is 2.13. The van der Waals surface area contributed by atoms with Gasteiger partial charge in [0.15, 0.2) is 11.5 Å². The molecule has 0 spiro atoms. The topological polar surface area (TPSA) is 105 Å². The molecule has 2 amide bonds. The number of nitrogens with zero attached hydrogens (tertiary/aromatic N) is 2. The van der Waals surface area contributed by atoms with Crippen LogP contribution >= 0.6 is 0 Å². The summed E-state index contributed by atoms with van der Waals surface area (Å²) >= 11 is 0. The van der Waals surface area contributed by atoms with Gasteiger partial charge in [-0.25, -0.2) is 8.42 Å². The highest BCUT2D eigenvalue weighted by Crippen LogP contribution is 2.33. The molecule has 0 saturated heterocycles. The quantitative estimate of drug-likeness (QED) is 0.287. The number of sulfonamides is 1. The second-order valence-electron chi connectivity index (χ2n) is 11.0. The van der Waals surface area contributed by atoms with Gasteiger partial charge >= 0.3 is 0 Å². The average Bonchev–Trinajstić information content (AvgIpc) is 2.95. The van der Waals surface area contributed by atoms with Gasteiger partial charge in [-0.1, -0.05) is 42.8 Å². The third-order valence-electron chi connectivity index (χ3n) is 7.01. The fraction of sp³-hybridized carbons (Fsp3) is 0.394. The number of methoxy groups -OCH3 is 2. The van der Waals surface area contributed by atoms with Crippen LogP contribution in [0.15, 0.2) is 65.6 Å². The SMILES string of the molecule is CCC(C(=O)NC(C)C)N(Cc1ccc(C)cc1)C(=O)CN(c1cc(C)cc(C)c1)S(=O)(=O)c1ccc(OC)c(OC)c1. The van der Waals surface area contributed by atoms with Gasteiger partial charge in [-0.05, 0) is 82.0 Å². The highest BCUT2D eigenvalue weighted by atomic mass is 32.2. The van der Waals surface area contributed by atoms with Crippen molar-refractivity contribution in [3.8, 4) is 11.5 Å². The number of rotatable bonds is 13. The summed E-state index contributed by atoms with van der Waals surface area (Å²) in [6.07, 6.45) is 0.349. The van der Waals surface area contributed by atoms with Gasteiger partial charge in [0.25, 0.3) is 10.0 Å². The molecule has 0 bridgehead atoms. The molecule has 1 atom stereocenters. The molecular formula is C33H43N3O6S. The molecule has 0 fully saturated rings. The molecule has 0 radical (unpaired) electrons. The minimum absolute atomic E-state index is 0.0632. The first-order chi connectivity index (χ1) is 20.3. The fourth-order valence-corrected chi connectivity index (χ4v) is 6.33. The van der Waals surface area contributed by atoms with Crippen LogP contribution in [0.25, 0.3) is 0 Å². The number of carbonyl (C=O) groups excluding carboxylic acids is 2. The van der Waals surface area contributed by atoms with Crippen LogP contribution in [0.5, 0.6) is 11.5 Å². The van der Waals surface area contributed by atoms with Crippen molar-refractivity contribution >= 4 is 27.5 Å². The summed E-state index contributed by atoms with van der Waals surface area (Å²) in [6, 6.07) is 16.5. The molecule has 43 heavy (non-hydrogen) atoms. The molecule has 1 unspecified atom stereocenters. The maximum atomic E-state index is 14.3. The zero-order valence-electron chi connectivity index (χ0n) is 26.3. The van der Waals surface area contributed by atoms with Crippen LogP contribution in [-0.2, 0) is 26.2 Å². The van der Waals surface area contributed by atoms with Gasteiger partial charge in [0.05, 0.1) is 24.8 Å². The summed E-state index contributed by atoms with van der Waals surface area (Å²) in [5.41, 5.74) is 3.92. The maximum absolute atomic E-state index is 14.3. The van der Waals surface area contributed by atoms with Gasteiger partial charge in [-0.2, -0.15) is 0 Å². The Hall–Kier alpha value is -4.05. The molecule has 232 valence electrons. The standard InChI is InChI=1S/C33H43N3O6S/c1-9-29(33(38)34-22(2)3)35(20-26-12-10-23(4)11-13-26)32(37)21-36(27-17-24(5)16-25(6)18-27)43(39,40)28-14-15-30(41-7)31(19-28)42-8/h10-19,22,29H,9,20-21H2,1-8H3,(H,34,38). The number of nitrogens with one attached hydrogen (secondary N) is 1. The maximum Gasteiger partial charge on any atom is 0.264 e. The van der Waals surface area contributed by atoms with Crippen LogP contribution in [0, 0.1) is 20.8 Å². The summed E-state index contributed by atoms with van der Waals surface area (Å²) in [7, 11) is -1.38. The minimum Gasteiger partial charge on any atom is -0.493 e. The third-order valence-corrected chi connectivity index (χ3v) is 8.78. The number of amides is 2. The molecule has 0 aliphatic carbocycles. The number of benzene rings is 3. The largest absolute Gasteiger partial charge is 0.493 e. The van der Waals surface area contributed by atoms with Gasteiger partial charge in [0.2, 0.25) is 11.8 Å². The Morgan fingerprint density at radius 2 is 1.44 bits per heavy atom. The van der Waals surface area contributed by atoms with Crippen LogP contribution in [0.2, 0.25) is 0 Å². The van der Waals surface area contributed by atoms with Gasteiger partial charge < -0.3 is 19.7 Å². The molecule has 0 heterocycles. The minimum atomic E-state index is -4.27. The van der Waals surface area contributed by atoms with Crippen LogP contribution in [0.3, 0.4) is 0 Å². The van der Waals surface area contributed by atoms with E-state index in [1.54, 1.807) is 12.1 Å². The Labute approximate surface area is 255 Å². The van der Waals surface area contributed by atoms with Gasteiger partial charge in [-0.3, -0.25) is 13.9 Å². The van der Waals surface area contributed by atoms with Gasteiger partial charge in [0, 0.05) is 18.7 Å². The van der Waals surface area contributed by atoms with E-state index >= 15 is 0 Å². The molecule has 3 aromatic rings. The van der Waals surface area contributed by atoms with Gasteiger partial charge in [-0.15, -0.1) is 0 Å². The highest BCUT2D eigenvalue weighted by Gasteiger charge is 2.34. The van der Waals surface area contributed by atoms with Crippen LogP contribution in [-0.4, -0.2) is 58.0 Å². The predicted octanol–water partition coefficient (Wildman–Crippen LogP) is 5.16. The normalized spacial score (nSPS) is 12.0. The van der Waals surface area contributed by atoms with Gasteiger partial charge in [0.1, 0.15) is 12.6 Å². The third kappa shape index (κ3) is 8.28. The second kappa shape index (κ2) is 14.4. The number of hydrogen-bond acceptors (Lipinski definition) is 6. The van der Waals surface area contributed by atoms with Crippen molar-refractivity contribution in [1.82, 2.24) is 10.2 Å². The summed E-state index contributed by atoms with van der Waals surface area (Å²) in [5.74, 6) is -0.178. The van der Waals surface area contributed by atoms with E-state index in [-0.39, 0.29) is 29.1 Å². The van der Waals surface area contributed by atoms with Crippen molar-refractivity contribution in [1.29, 1.82) is 0 Å². The molecule has 3 rings (SSSR count). The highest BCUT2D eigenvalue weighted by molar-refractivity contribution is 7.92. The number of anilines is 1. The van der Waals surface area contributed by atoms with Crippen LogP contribution in [0.4, 0.5) is 5.69 Å².